The lowest BCUT2D eigenvalue weighted by Crippen LogP contribution is -2.37. The van der Waals surface area contributed by atoms with Crippen LogP contribution < -0.4 is 5.32 Å². The molecule has 0 spiro atoms. The predicted octanol–water partition coefficient (Wildman–Crippen LogP) is 2.50. The van der Waals surface area contributed by atoms with Crippen LogP contribution in [0.5, 0.6) is 0 Å². The molecule has 1 aliphatic heterocycles. The second-order valence-electron chi connectivity index (χ2n) is 5.93. The largest absolute Gasteiger partial charge is 0.379 e. The van der Waals surface area contributed by atoms with E-state index in [1.165, 1.54) is 5.56 Å². The topological polar surface area (TPSA) is 54.5 Å². The predicted molar refractivity (Wildman–Crippen MR) is 93.9 cm³/mol. The fraction of sp³-hybridized carbons (Fsp3) is 0.368. The zero-order chi connectivity index (χ0) is 16.9. The van der Waals surface area contributed by atoms with Gasteiger partial charge in [0.05, 0.1) is 18.9 Å². The molecule has 24 heavy (non-hydrogen) atoms. The minimum Gasteiger partial charge on any atom is -0.379 e. The number of pyridine rings is 1. The number of hydrogen-bond donors (Lipinski definition) is 1. The van der Waals surface area contributed by atoms with Gasteiger partial charge in [0.2, 0.25) is 0 Å². The zero-order valence-electron chi connectivity index (χ0n) is 14.2. The maximum atomic E-state index is 11.7. The number of carbonyl (C=O) groups excluding carboxylic acids is 1. The van der Waals surface area contributed by atoms with E-state index >= 15 is 0 Å². The van der Waals surface area contributed by atoms with E-state index in [-0.39, 0.29) is 5.91 Å². The number of aromatic nitrogens is 1. The number of ether oxygens (including phenoxy) is 1. The summed E-state index contributed by atoms with van der Waals surface area (Å²) >= 11 is 0. The molecule has 1 atom stereocenters. The van der Waals surface area contributed by atoms with Crippen LogP contribution >= 0.6 is 0 Å². The molecule has 1 unspecified atom stereocenters. The summed E-state index contributed by atoms with van der Waals surface area (Å²) in [5.74, 6) is -0.172. The number of carbonyl (C=O) groups is 1. The normalized spacial score (nSPS) is 16.6. The van der Waals surface area contributed by atoms with E-state index in [1.54, 1.807) is 13.1 Å². The highest BCUT2D eigenvalue weighted by atomic mass is 16.5. The molecule has 126 valence electrons. The van der Waals surface area contributed by atoms with Crippen LogP contribution in [0.15, 0.2) is 42.5 Å². The molecule has 3 rings (SSSR count). The van der Waals surface area contributed by atoms with Crippen molar-refractivity contribution in [3.8, 4) is 11.3 Å². The zero-order valence-corrected chi connectivity index (χ0v) is 14.2. The minimum atomic E-state index is -0.172. The summed E-state index contributed by atoms with van der Waals surface area (Å²) in [6.07, 6.45) is 0. The Morgan fingerprint density at radius 3 is 2.54 bits per heavy atom. The summed E-state index contributed by atoms with van der Waals surface area (Å²) in [6.45, 7) is 5.78. The van der Waals surface area contributed by atoms with E-state index < -0.39 is 0 Å². The maximum Gasteiger partial charge on any atom is 0.269 e. The summed E-state index contributed by atoms with van der Waals surface area (Å²) < 4.78 is 5.42. The number of benzene rings is 1. The van der Waals surface area contributed by atoms with Gasteiger partial charge in [0.15, 0.2) is 0 Å². The van der Waals surface area contributed by atoms with E-state index in [1.807, 2.05) is 12.1 Å². The molecule has 5 nitrogen and oxygen atoms in total. The van der Waals surface area contributed by atoms with Gasteiger partial charge in [-0.15, -0.1) is 0 Å². The van der Waals surface area contributed by atoms with Crippen molar-refractivity contribution in [1.29, 1.82) is 0 Å². The molecule has 0 bridgehead atoms. The first kappa shape index (κ1) is 16.6. The molecule has 1 aromatic carbocycles. The van der Waals surface area contributed by atoms with Crippen molar-refractivity contribution in [2.24, 2.45) is 0 Å². The lowest BCUT2D eigenvalue weighted by Gasteiger charge is -2.32. The van der Waals surface area contributed by atoms with Crippen LogP contribution in [0.2, 0.25) is 0 Å². The highest BCUT2D eigenvalue weighted by molar-refractivity contribution is 5.92. The van der Waals surface area contributed by atoms with Gasteiger partial charge in [0, 0.05) is 31.7 Å². The van der Waals surface area contributed by atoms with Gasteiger partial charge in [0.25, 0.3) is 5.91 Å². The van der Waals surface area contributed by atoms with Crippen LogP contribution in [0, 0.1) is 0 Å². The molecule has 1 amide bonds. The molecule has 1 aromatic heterocycles. The number of hydrogen-bond acceptors (Lipinski definition) is 4. The Balaban J connectivity index is 1.78. The average Bonchev–Trinajstić information content (AvgIpc) is 2.67. The Labute approximate surface area is 142 Å². The van der Waals surface area contributed by atoms with Crippen LogP contribution in [-0.4, -0.2) is 49.1 Å². The van der Waals surface area contributed by atoms with Gasteiger partial charge in [-0.3, -0.25) is 9.69 Å². The van der Waals surface area contributed by atoms with Crippen LogP contribution in [0.4, 0.5) is 0 Å². The van der Waals surface area contributed by atoms with Gasteiger partial charge in [-0.2, -0.15) is 0 Å². The first-order chi connectivity index (χ1) is 11.7. The molecular weight excluding hydrogens is 302 g/mol. The van der Waals surface area contributed by atoms with Crippen molar-refractivity contribution < 1.29 is 9.53 Å². The Morgan fingerprint density at radius 2 is 1.88 bits per heavy atom. The second-order valence-corrected chi connectivity index (χ2v) is 5.93. The van der Waals surface area contributed by atoms with Crippen LogP contribution in [-0.2, 0) is 4.74 Å². The highest BCUT2D eigenvalue weighted by Gasteiger charge is 2.18. The molecular formula is C19H23N3O2. The third-order valence-electron chi connectivity index (χ3n) is 4.49. The molecule has 1 saturated heterocycles. The van der Waals surface area contributed by atoms with E-state index in [4.69, 9.17) is 4.74 Å². The standard InChI is InChI=1S/C19H23N3O2/c1-14(22-10-12-24-13-11-22)15-6-8-16(9-7-15)17-4-3-5-18(21-17)19(23)20-2/h3-9,14H,10-13H2,1-2H3,(H,20,23). The van der Waals surface area contributed by atoms with Crippen LogP contribution in [0.25, 0.3) is 11.3 Å². The fourth-order valence-electron chi connectivity index (χ4n) is 2.96. The van der Waals surface area contributed by atoms with Crippen LogP contribution in [0.1, 0.15) is 29.0 Å². The summed E-state index contributed by atoms with van der Waals surface area (Å²) in [5, 5.41) is 2.60. The quantitative estimate of drug-likeness (QED) is 0.938. The number of rotatable bonds is 4. The Bertz CT molecular complexity index is 694. The van der Waals surface area contributed by atoms with Crippen LogP contribution in [0.3, 0.4) is 0 Å². The van der Waals surface area contributed by atoms with Crippen molar-refractivity contribution in [2.75, 3.05) is 33.4 Å². The number of nitrogens with one attached hydrogen (secondary N) is 1. The van der Waals surface area contributed by atoms with Crippen molar-refractivity contribution in [3.63, 3.8) is 0 Å². The summed E-state index contributed by atoms with van der Waals surface area (Å²) in [4.78, 5) is 18.6. The molecule has 2 aromatic rings. The van der Waals surface area contributed by atoms with Gasteiger partial charge in [-0.1, -0.05) is 30.3 Å². The average molecular weight is 325 g/mol. The third kappa shape index (κ3) is 3.63. The van der Waals surface area contributed by atoms with Gasteiger partial charge >= 0.3 is 0 Å². The molecule has 0 saturated carbocycles. The summed E-state index contributed by atoms with van der Waals surface area (Å²) in [7, 11) is 1.61. The van der Waals surface area contributed by atoms with Gasteiger partial charge in [-0.05, 0) is 24.6 Å². The van der Waals surface area contributed by atoms with Crippen molar-refractivity contribution in [3.05, 3.63) is 53.7 Å². The number of amides is 1. The van der Waals surface area contributed by atoms with E-state index in [9.17, 15) is 4.79 Å². The molecule has 1 fully saturated rings. The number of morpholine rings is 1. The Hall–Kier alpha value is -2.24. The molecule has 5 heteroatoms. The fourth-order valence-corrected chi connectivity index (χ4v) is 2.96. The van der Waals surface area contributed by atoms with Crippen molar-refractivity contribution >= 4 is 5.91 Å². The van der Waals surface area contributed by atoms with Crippen molar-refractivity contribution in [1.82, 2.24) is 15.2 Å². The number of nitrogens with zero attached hydrogens (tertiary/aromatic N) is 2. The first-order valence-corrected chi connectivity index (χ1v) is 8.30. The summed E-state index contributed by atoms with van der Waals surface area (Å²) in [6, 6.07) is 14.3. The third-order valence-corrected chi connectivity index (χ3v) is 4.49. The molecule has 1 aliphatic rings. The van der Waals surface area contributed by atoms with E-state index in [0.29, 0.717) is 11.7 Å². The molecule has 1 N–H and O–H groups in total. The first-order valence-electron chi connectivity index (χ1n) is 8.30. The summed E-state index contributed by atoms with van der Waals surface area (Å²) in [5.41, 5.74) is 3.53. The Kier molecular flexibility index (Phi) is 5.23. The van der Waals surface area contributed by atoms with Gasteiger partial charge < -0.3 is 10.1 Å². The molecule has 0 radical (unpaired) electrons. The SMILES string of the molecule is CNC(=O)c1cccc(-c2ccc(C(C)N3CCOCC3)cc2)n1. The lowest BCUT2D eigenvalue weighted by molar-refractivity contribution is 0.0198. The lowest BCUT2D eigenvalue weighted by atomic mass is 10.0. The molecule has 2 heterocycles. The minimum absolute atomic E-state index is 0.172. The molecule has 0 aliphatic carbocycles. The Morgan fingerprint density at radius 1 is 1.17 bits per heavy atom. The van der Waals surface area contributed by atoms with Gasteiger partial charge in [-0.25, -0.2) is 4.98 Å². The second kappa shape index (κ2) is 7.55. The maximum absolute atomic E-state index is 11.7. The monoisotopic (exact) mass is 325 g/mol. The highest BCUT2D eigenvalue weighted by Crippen LogP contribution is 2.24. The van der Waals surface area contributed by atoms with E-state index in [0.717, 1.165) is 37.6 Å². The van der Waals surface area contributed by atoms with Gasteiger partial charge in [0.1, 0.15) is 5.69 Å². The smallest absolute Gasteiger partial charge is 0.269 e. The van der Waals surface area contributed by atoms with Crippen molar-refractivity contribution in [2.45, 2.75) is 13.0 Å². The van der Waals surface area contributed by atoms with E-state index in [2.05, 4.69) is 46.4 Å².